The van der Waals surface area contributed by atoms with E-state index in [1.54, 1.807) is 13.8 Å². The number of hydrogen-bond acceptors (Lipinski definition) is 5. The number of ether oxygens (including phenoxy) is 3. The van der Waals surface area contributed by atoms with E-state index in [0.717, 1.165) is 12.8 Å². The van der Waals surface area contributed by atoms with Crippen LogP contribution in [0.4, 0.5) is 26.3 Å². The molecule has 4 saturated heterocycles. The fraction of sp³-hybridized carbons (Fsp3) is 1.00. The van der Waals surface area contributed by atoms with Crippen LogP contribution in [-0.4, -0.2) is 48.8 Å². The van der Waals surface area contributed by atoms with Gasteiger partial charge in [0.25, 0.3) is 6.17 Å². The van der Waals surface area contributed by atoms with Crippen LogP contribution in [-0.2, 0) is 24.0 Å². The van der Waals surface area contributed by atoms with Crippen LogP contribution in [0, 0.1) is 23.7 Å². The van der Waals surface area contributed by atoms with Crippen LogP contribution in [0.1, 0.15) is 46.5 Å². The van der Waals surface area contributed by atoms with E-state index in [1.807, 2.05) is 0 Å². The van der Waals surface area contributed by atoms with E-state index in [0.29, 0.717) is 12.8 Å². The lowest BCUT2D eigenvalue weighted by molar-refractivity contribution is -0.577. The fourth-order valence-electron chi connectivity index (χ4n) is 5.57. The topological polar surface area (TPSA) is 46.2 Å². The molecule has 5 fully saturated rings. The maximum Gasteiger partial charge on any atom is 0.425 e. The third-order valence-electron chi connectivity index (χ3n) is 7.20. The predicted molar refractivity (Wildman–Crippen MR) is 88.7 cm³/mol. The van der Waals surface area contributed by atoms with Crippen molar-refractivity contribution in [3.63, 3.8) is 0 Å². The van der Waals surface area contributed by atoms with E-state index < -0.39 is 54.8 Å². The molecule has 4 aliphatic heterocycles. The lowest BCUT2D eigenvalue weighted by Crippen LogP contribution is -2.70. The molecule has 5 nitrogen and oxygen atoms in total. The van der Waals surface area contributed by atoms with Crippen molar-refractivity contribution in [3.05, 3.63) is 0 Å². The molecule has 5 aliphatic rings. The molecule has 0 amide bonds. The Kier molecular flexibility index (Phi) is 5.41. The molecule has 4 heterocycles. The third-order valence-corrected chi connectivity index (χ3v) is 7.20. The first-order chi connectivity index (χ1) is 13.8. The number of rotatable bonds is 4. The molecule has 2 bridgehead atoms. The molecular formula is C19H26F6O5. The zero-order chi connectivity index (χ0) is 22.1. The van der Waals surface area contributed by atoms with Gasteiger partial charge in [-0.25, -0.2) is 22.9 Å². The molecule has 5 rings (SSSR count). The van der Waals surface area contributed by atoms with Gasteiger partial charge >= 0.3 is 12.1 Å². The SMILES string of the molecule is C[C@@H]1[C@H](OCC(F)(F)C(F)C(F)(F)F)O[C@@H]2O[C@@]3(C)CC[C@H]4[C@H](C)CC[C@@H]1[C@@]24OO3. The molecule has 174 valence electrons. The smallest absolute Gasteiger partial charge is 0.346 e. The molecular weight excluding hydrogens is 422 g/mol. The minimum absolute atomic E-state index is 0.0378. The van der Waals surface area contributed by atoms with Crippen LogP contribution in [0.3, 0.4) is 0 Å². The van der Waals surface area contributed by atoms with Crippen molar-refractivity contribution < 1.29 is 50.3 Å². The van der Waals surface area contributed by atoms with E-state index >= 15 is 0 Å². The number of alkyl halides is 6. The number of fused-ring (bicyclic) bond motifs is 2. The van der Waals surface area contributed by atoms with Crippen molar-refractivity contribution in [2.24, 2.45) is 23.7 Å². The van der Waals surface area contributed by atoms with E-state index in [-0.39, 0.29) is 17.8 Å². The van der Waals surface area contributed by atoms with Gasteiger partial charge in [-0.05, 0) is 38.0 Å². The van der Waals surface area contributed by atoms with Crippen LogP contribution >= 0.6 is 0 Å². The van der Waals surface area contributed by atoms with Gasteiger partial charge in [-0.1, -0.05) is 13.8 Å². The van der Waals surface area contributed by atoms with E-state index in [4.69, 9.17) is 24.0 Å². The normalized spacial score (nSPS) is 47.5. The average molecular weight is 448 g/mol. The largest absolute Gasteiger partial charge is 0.425 e. The molecule has 1 spiro atoms. The molecule has 30 heavy (non-hydrogen) atoms. The van der Waals surface area contributed by atoms with Crippen LogP contribution < -0.4 is 0 Å². The summed E-state index contributed by atoms with van der Waals surface area (Å²) < 4.78 is 94.8. The Morgan fingerprint density at radius 1 is 1.03 bits per heavy atom. The predicted octanol–water partition coefficient (Wildman–Crippen LogP) is 4.75. The Morgan fingerprint density at radius 2 is 1.73 bits per heavy atom. The lowest BCUT2D eigenvalue weighted by atomic mass is 9.58. The van der Waals surface area contributed by atoms with Gasteiger partial charge in [-0.15, -0.1) is 0 Å². The highest BCUT2D eigenvalue weighted by Gasteiger charge is 2.69. The first kappa shape index (κ1) is 22.6. The maximum atomic E-state index is 13.8. The summed E-state index contributed by atoms with van der Waals surface area (Å²) in [5.74, 6) is -6.26. The van der Waals surface area contributed by atoms with E-state index in [1.165, 1.54) is 0 Å². The highest BCUT2D eigenvalue weighted by molar-refractivity contribution is 5.09. The van der Waals surface area contributed by atoms with Crippen LogP contribution in [0.25, 0.3) is 0 Å². The Balaban J connectivity index is 1.56. The average Bonchev–Trinajstić information content (AvgIpc) is 2.88. The summed E-state index contributed by atoms with van der Waals surface area (Å²) in [6.07, 6.45) is -9.47. The minimum Gasteiger partial charge on any atom is -0.346 e. The zero-order valence-electron chi connectivity index (χ0n) is 16.9. The monoisotopic (exact) mass is 448 g/mol. The molecule has 0 N–H and O–H groups in total. The Morgan fingerprint density at radius 3 is 2.40 bits per heavy atom. The van der Waals surface area contributed by atoms with Gasteiger partial charge < -0.3 is 14.2 Å². The van der Waals surface area contributed by atoms with Gasteiger partial charge in [0.05, 0.1) is 0 Å². The second kappa shape index (κ2) is 7.19. The molecule has 0 aromatic rings. The summed E-state index contributed by atoms with van der Waals surface area (Å²) in [5, 5.41) is 0. The van der Waals surface area contributed by atoms with Gasteiger partial charge in [-0.3, -0.25) is 0 Å². The van der Waals surface area contributed by atoms with Crippen molar-refractivity contribution in [2.45, 2.75) is 88.7 Å². The number of hydrogen-bond donors (Lipinski definition) is 0. The minimum atomic E-state index is -5.69. The summed E-state index contributed by atoms with van der Waals surface area (Å²) >= 11 is 0. The Labute approximate surface area is 170 Å². The Hall–Kier alpha value is -0.620. The van der Waals surface area contributed by atoms with Gasteiger partial charge in [-0.2, -0.15) is 13.2 Å². The molecule has 1 aliphatic carbocycles. The van der Waals surface area contributed by atoms with Crippen molar-refractivity contribution in [1.82, 2.24) is 0 Å². The zero-order valence-corrected chi connectivity index (χ0v) is 16.9. The third kappa shape index (κ3) is 3.44. The molecule has 11 heteroatoms. The fourth-order valence-corrected chi connectivity index (χ4v) is 5.57. The van der Waals surface area contributed by atoms with E-state index in [9.17, 15) is 26.3 Å². The summed E-state index contributed by atoms with van der Waals surface area (Å²) in [6.45, 7) is 3.72. The quantitative estimate of drug-likeness (QED) is 0.459. The molecule has 9 atom stereocenters. The molecule has 0 aromatic carbocycles. The molecule has 1 unspecified atom stereocenters. The summed E-state index contributed by atoms with van der Waals surface area (Å²) in [5.41, 5.74) is -0.954. The highest BCUT2D eigenvalue weighted by Crippen LogP contribution is 2.60. The van der Waals surface area contributed by atoms with Crippen molar-refractivity contribution in [2.75, 3.05) is 6.61 Å². The second-order valence-corrected chi connectivity index (χ2v) is 9.25. The Bertz CT molecular complexity index is 662. The molecule has 1 saturated carbocycles. The second-order valence-electron chi connectivity index (χ2n) is 9.25. The van der Waals surface area contributed by atoms with E-state index in [2.05, 4.69) is 6.92 Å². The van der Waals surface area contributed by atoms with Gasteiger partial charge in [0, 0.05) is 18.3 Å². The van der Waals surface area contributed by atoms with Gasteiger partial charge in [0.15, 0.2) is 18.2 Å². The first-order valence-electron chi connectivity index (χ1n) is 10.2. The summed E-state index contributed by atoms with van der Waals surface area (Å²) in [7, 11) is 0. The van der Waals surface area contributed by atoms with Crippen LogP contribution in [0.5, 0.6) is 0 Å². The van der Waals surface area contributed by atoms with Crippen molar-refractivity contribution in [3.8, 4) is 0 Å². The van der Waals surface area contributed by atoms with Crippen LogP contribution in [0.15, 0.2) is 0 Å². The number of halogens is 6. The molecule has 0 aromatic heterocycles. The maximum absolute atomic E-state index is 13.8. The van der Waals surface area contributed by atoms with Crippen molar-refractivity contribution >= 4 is 0 Å². The molecule has 0 radical (unpaired) electrons. The van der Waals surface area contributed by atoms with Gasteiger partial charge in [0.2, 0.25) is 5.79 Å². The van der Waals surface area contributed by atoms with Crippen molar-refractivity contribution in [1.29, 1.82) is 0 Å². The summed E-state index contributed by atoms with van der Waals surface area (Å²) in [6, 6.07) is 0. The summed E-state index contributed by atoms with van der Waals surface area (Å²) in [4.78, 5) is 11.5. The standard InChI is InChI=1S/C19H26F6O5/c1-9-4-5-12-10(2)13(26-8-17(21,22)14(20)19(23,24)25)27-15-18(12)11(9)6-7-16(3,28-15)29-30-18/h9-15H,4-8H2,1-3H3/t9-,10+,11+,12+,13-,14?,15-,16-,18-/m1/s1. The lowest BCUT2D eigenvalue weighted by Gasteiger charge is -2.60. The highest BCUT2D eigenvalue weighted by atomic mass is 19.4. The first-order valence-corrected chi connectivity index (χ1v) is 10.2. The van der Waals surface area contributed by atoms with Crippen LogP contribution in [0.2, 0.25) is 0 Å². The van der Waals surface area contributed by atoms with Gasteiger partial charge in [0.1, 0.15) is 6.61 Å².